The van der Waals surface area contributed by atoms with Crippen LogP contribution in [0, 0.1) is 11.6 Å². The van der Waals surface area contributed by atoms with Gasteiger partial charge < -0.3 is 5.11 Å². The summed E-state index contributed by atoms with van der Waals surface area (Å²) in [7, 11) is 0. The smallest absolute Gasteiger partial charge is 0.140 e. The van der Waals surface area contributed by atoms with E-state index in [1.165, 1.54) is 6.07 Å². The van der Waals surface area contributed by atoms with E-state index in [2.05, 4.69) is 15.9 Å². The van der Waals surface area contributed by atoms with Crippen molar-refractivity contribution in [1.29, 1.82) is 0 Å². The summed E-state index contributed by atoms with van der Waals surface area (Å²) >= 11 is 8.21. The quantitative estimate of drug-likeness (QED) is 0.647. The minimum Gasteiger partial charge on any atom is -0.387 e. The molecule has 1 N–H and O–H groups in total. The van der Waals surface area contributed by atoms with E-state index in [1.54, 1.807) is 0 Å². The van der Waals surface area contributed by atoms with Gasteiger partial charge in [0.15, 0.2) is 0 Å². The number of benzene rings is 1. The van der Waals surface area contributed by atoms with Crippen LogP contribution >= 0.6 is 27.5 Å². The van der Waals surface area contributed by atoms with Gasteiger partial charge in [-0.05, 0) is 22.0 Å². The topological polar surface area (TPSA) is 20.2 Å². The van der Waals surface area contributed by atoms with E-state index in [4.69, 9.17) is 11.6 Å². The monoisotopic (exact) mass is 270 g/mol. The zero-order valence-electron chi connectivity index (χ0n) is 6.40. The van der Waals surface area contributed by atoms with Gasteiger partial charge >= 0.3 is 0 Å². The normalized spacial score (nSPS) is 13.0. The summed E-state index contributed by atoms with van der Waals surface area (Å²) in [6, 6.07) is 1.88. The fraction of sp³-hybridized carbons (Fsp3) is 0.250. The van der Waals surface area contributed by atoms with Gasteiger partial charge in [-0.25, -0.2) is 8.78 Å². The first-order chi connectivity index (χ1) is 6.06. The molecule has 1 rings (SSSR count). The minimum absolute atomic E-state index is 0.0109. The number of aliphatic hydroxyl groups excluding tert-OH is 1. The molecule has 0 amide bonds. The van der Waals surface area contributed by atoms with E-state index in [-0.39, 0.29) is 15.9 Å². The first kappa shape index (κ1) is 10.9. The molecule has 0 aromatic heterocycles. The lowest BCUT2D eigenvalue weighted by atomic mass is 10.1. The Labute approximate surface area is 87.5 Å². The van der Waals surface area contributed by atoms with Gasteiger partial charge in [-0.3, -0.25) is 0 Å². The zero-order valence-corrected chi connectivity index (χ0v) is 8.74. The summed E-state index contributed by atoms with van der Waals surface area (Å²) in [6.45, 7) is 0. The van der Waals surface area contributed by atoms with Crippen LogP contribution in [0.4, 0.5) is 8.78 Å². The third-order valence-electron chi connectivity index (χ3n) is 1.54. The number of hydrogen-bond donors (Lipinski definition) is 1. The second kappa shape index (κ2) is 4.35. The molecular formula is C8H6BrClF2O. The average molecular weight is 271 g/mol. The Bertz CT molecular complexity index is 319. The third-order valence-corrected chi connectivity index (χ3v) is 2.44. The lowest BCUT2D eigenvalue weighted by Gasteiger charge is -2.08. The molecule has 0 bridgehead atoms. The van der Waals surface area contributed by atoms with Crippen LogP contribution in [0.3, 0.4) is 0 Å². The van der Waals surface area contributed by atoms with Gasteiger partial charge in [-0.15, -0.1) is 11.6 Å². The first-order valence-electron chi connectivity index (χ1n) is 3.44. The van der Waals surface area contributed by atoms with E-state index in [0.29, 0.717) is 6.07 Å². The Balaban J connectivity index is 3.15. The van der Waals surface area contributed by atoms with Crippen molar-refractivity contribution in [2.75, 3.05) is 5.88 Å². The van der Waals surface area contributed by atoms with E-state index < -0.39 is 17.7 Å². The number of rotatable bonds is 2. The van der Waals surface area contributed by atoms with Crippen molar-refractivity contribution in [3.05, 3.63) is 33.8 Å². The molecule has 0 aliphatic carbocycles. The summed E-state index contributed by atoms with van der Waals surface area (Å²) in [5.74, 6) is -1.63. The van der Waals surface area contributed by atoms with Crippen molar-refractivity contribution in [1.82, 2.24) is 0 Å². The van der Waals surface area contributed by atoms with Gasteiger partial charge in [0.1, 0.15) is 11.6 Å². The number of hydrogen-bond acceptors (Lipinski definition) is 1. The zero-order chi connectivity index (χ0) is 10.0. The van der Waals surface area contributed by atoms with Crippen molar-refractivity contribution in [2.24, 2.45) is 0 Å². The SMILES string of the molecule is O[C@H](CCl)c1cc(Br)c(F)cc1F. The second-order valence-corrected chi connectivity index (χ2v) is 3.62. The number of alkyl halides is 1. The van der Waals surface area contributed by atoms with Crippen molar-refractivity contribution in [3.8, 4) is 0 Å². The van der Waals surface area contributed by atoms with E-state index >= 15 is 0 Å². The second-order valence-electron chi connectivity index (χ2n) is 2.46. The molecular weight excluding hydrogens is 265 g/mol. The molecule has 0 fully saturated rings. The molecule has 1 atom stereocenters. The molecule has 0 spiro atoms. The minimum atomic E-state index is -1.11. The Hall–Kier alpha value is -0.190. The fourth-order valence-electron chi connectivity index (χ4n) is 0.876. The summed E-state index contributed by atoms with van der Waals surface area (Å²) in [5, 5.41) is 9.21. The van der Waals surface area contributed by atoms with Crippen molar-refractivity contribution >= 4 is 27.5 Å². The molecule has 1 aromatic carbocycles. The van der Waals surface area contributed by atoms with Gasteiger partial charge in [0.05, 0.1) is 16.5 Å². The van der Waals surface area contributed by atoms with E-state index in [0.717, 1.165) is 0 Å². The first-order valence-corrected chi connectivity index (χ1v) is 4.77. The molecule has 1 nitrogen and oxygen atoms in total. The maximum Gasteiger partial charge on any atom is 0.140 e. The van der Waals surface area contributed by atoms with Crippen LogP contribution < -0.4 is 0 Å². The average Bonchev–Trinajstić information content (AvgIpc) is 2.10. The molecule has 0 radical (unpaired) electrons. The van der Waals surface area contributed by atoms with Crippen LogP contribution in [0.25, 0.3) is 0 Å². The van der Waals surface area contributed by atoms with Crippen molar-refractivity contribution < 1.29 is 13.9 Å². The molecule has 5 heteroatoms. The Morgan fingerprint density at radius 2 is 2.00 bits per heavy atom. The molecule has 0 unspecified atom stereocenters. The summed E-state index contributed by atoms with van der Waals surface area (Å²) in [6.07, 6.45) is -1.11. The molecule has 0 aliphatic heterocycles. The summed E-state index contributed by atoms with van der Waals surface area (Å²) in [5.41, 5.74) is -0.0109. The lowest BCUT2D eigenvalue weighted by molar-refractivity contribution is 0.197. The van der Waals surface area contributed by atoms with Crippen LogP contribution in [0.5, 0.6) is 0 Å². The molecule has 0 saturated carbocycles. The van der Waals surface area contributed by atoms with Crippen molar-refractivity contribution in [2.45, 2.75) is 6.10 Å². The van der Waals surface area contributed by atoms with Crippen LogP contribution in [-0.4, -0.2) is 11.0 Å². The van der Waals surface area contributed by atoms with Gasteiger partial charge in [-0.1, -0.05) is 0 Å². The summed E-state index contributed by atoms with van der Waals surface area (Å²) < 4.78 is 25.8. The van der Waals surface area contributed by atoms with Crippen LogP contribution in [-0.2, 0) is 0 Å². The molecule has 72 valence electrons. The molecule has 0 saturated heterocycles. The highest BCUT2D eigenvalue weighted by atomic mass is 79.9. The molecule has 1 aromatic rings. The van der Waals surface area contributed by atoms with Gasteiger partial charge in [0, 0.05) is 11.6 Å². The van der Waals surface area contributed by atoms with Crippen molar-refractivity contribution in [3.63, 3.8) is 0 Å². The summed E-state index contributed by atoms with van der Waals surface area (Å²) in [4.78, 5) is 0. The van der Waals surface area contributed by atoms with Crippen LogP contribution in [0.15, 0.2) is 16.6 Å². The maximum absolute atomic E-state index is 13.0. The molecule has 0 aliphatic rings. The Morgan fingerprint density at radius 1 is 1.38 bits per heavy atom. The third kappa shape index (κ3) is 2.39. The highest BCUT2D eigenvalue weighted by Gasteiger charge is 2.14. The standard InChI is InChI=1S/C8H6BrClF2O/c9-5-1-4(8(13)3-10)6(11)2-7(5)12/h1-2,8,13H,3H2/t8-/m1/s1. The predicted octanol–water partition coefficient (Wildman–Crippen LogP) is 3.00. The highest BCUT2D eigenvalue weighted by Crippen LogP contribution is 2.25. The maximum atomic E-state index is 13.0. The Kier molecular flexibility index (Phi) is 3.64. The number of halogens is 4. The predicted molar refractivity (Wildman–Crippen MR) is 49.7 cm³/mol. The highest BCUT2D eigenvalue weighted by molar-refractivity contribution is 9.10. The largest absolute Gasteiger partial charge is 0.387 e. The number of aliphatic hydroxyl groups is 1. The molecule has 13 heavy (non-hydrogen) atoms. The van der Waals surface area contributed by atoms with Crippen LogP contribution in [0.2, 0.25) is 0 Å². The van der Waals surface area contributed by atoms with Crippen LogP contribution in [0.1, 0.15) is 11.7 Å². The van der Waals surface area contributed by atoms with Gasteiger partial charge in [-0.2, -0.15) is 0 Å². The Morgan fingerprint density at radius 3 is 2.54 bits per heavy atom. The lowest BCUT2D eigenvalue weighted by Crippen LogP contribution is -2.02. The fourth-order valence-corrected chi connectivity index (χ4v) is 1.40. The van der Waals surface area contributed by atoms with E-state index in [9.17, 15) is 13.9 Å². The molecule has 0 heterocycles. The van der Waals surface area contributed by atoms with Gasteiger partial charge in [0.2, 0.25) is 0 Å². The van der Waals surface area contributed by atoms with Gasteiger partial charge in [0.25, 0.3) is 0 Å². The van der Waals surface area contributed by atoms with E-state index in [1.807, 2.05) is 0 Å².